The summed E-state index contributed by atoms with van der Waals surface area (Å²) in [6.07, 6.45) is 6.48. The molecule has 0 atom stereocenters. The van der Waals surface area contributed by atoms with Crippen LogP contribution in [0.15, 0.2) is 293 Å². The van der Waals surface area contributed by atoms with E-state index in [0.29, 0.717) is 0 Å². The van der Waals surface area contributed by atoms with Gasteiger partial charge in [0.2, 0.25) is 17.1 Å². The average Bonchev–Trinajstić information content (AvgIpc) is 1.81. The Morgan fingerprint density at radius 3 is 0.989 bits per heavy atom. The molecule has 0 aliphatic heterocycles. The van der Waals surface area contributed by atoms with Crippen molar-refractivity contribution in [2.45, 2.75) is 34.6 Å². The minimum absolute atomic E-state index is 0.927. The van der Waals surface area contributed by atoms with Crippen molar-refractivity contribution >= 4 is 98.1 Å². The molecule has 95 heavy (non-hydrogen) atoms. The lowest BCUT2D eigenvalue weighted by Crippen LogP contribution is -2.31. The zero-order valence-corrected chi connectivity index (χ0v) is 54.6. The molecule has 6 aromatic heterocycles. The molecule has 12 aromatic carbocycles. The third-order valence-corrected chi connectivity index (χ3v) is 19.2. The molecule has 0 amide bonds. The highest BCUT2D eigenvalue weighted by Gasteiger charge is 2.23. The number of aromatic nitrogens is 3. The highest BCUT2D eigenvalue weighted by atomic mass is 16.3. The molecule has 0 bridgehead atoms. The van der Waals surface area contributed by atoms with Crippen LogP contribution >= 0.6 is 0 Å². The van der Waals surface area contributed by atoms with E-state index < -0.39 is 0 Å². The van der Waals surface area contributed by atoms with Crippen LogP contribution in [0.2, 0.25) is 0 Å². The minimum Gasteiger partial charge on any atom is -0.456 e. The molecular weight excluding hydrogens is 1160 g/mol. The standard InChI is InChI=1S/2C30H24NO.C29H22NO/c1-19-13-26-27-14-22-11-7-8-12-23(22)15-29(27)32-30(26)17-25(19)28-16-24(20(2)18-31(28)3)21-9-5-4-6-10-21;1-19-9-10-22-17-29-27(15-24(22)13-19)26-14-20(2)25(18-30(26)32-29)28-16-23(11-12-31(28)3)21-7-5-4-6-8-21;1-19-14-25-26-15-21-10-6-7-11-22(21)17-28(26)31-29(25)18-24(19)27-16-23(12-13-30(27)2)20-8-4-3-5-9-20/h2*4-18H,1-3H3;3-18H,1-2H3/q3*+1. The maximum Gasteiger partial charge on any atom is 0.213 e. The summed E-state index contributed by atoms with van der Waals surface area (Å²) in [5, 5.41) is 14.4. The van der Waals surface area contributed by atoms with Gasteiger partial charge in [0, 0.05) is 68.2 Å². The fraction of sp³-hybridized carbons (Fsp3) is 0.0899. The number of rotatable bonds is 6. The quantitative estimate of drug-likeness (QED) is 0.156. The zero-order chi connectivity index (χ0) is 64.6. The maximum atomic E-state index is 6.35. The van der Waals surface area contributed by atoms with Gasteiger partial charge in [-0.1, -0.05) is 163 Å². The predicted molar refractivity (Wildman–Crippen MR) is 394 cm³/mol. The second-order valence-electron chi connectivity index (χ2n) is 25.7. The number of hydrogen-bond donors (Lipinski definition) is 0. The first-order chi connectivity index (χ1) is 46.3. The first-order valence-corrected chi connectivity index (χ1v) is 32.6. The van der Waals surface area contributed by atoms with Gasteiger partial charge in [0.15, 0.2) is 18.6 Å². The molecule has 0 saturated heterocycles. The van der Waals surface area contributed by atoms with Crippen LogP contribution in [-0.4, -0.2) is 0 Å². The van der Waals surface area contributed by atoms with Gasteiger partial charge >= 0.3 is 0 Å². The van der Waals surface area contributed by atoms with Crippen LogP contribution in [-0.2, 0) is 21.1 Å². The normalized spacial score (nSPS) is 11.6. The molecule has 18 aromatic rings. The van der Waals surface area contributed by atoms with E-state index in [2.05, 4.69) is 349 Å². The molecule has 0 fully saturated rings. The largest absolute Gasteiger partial charge is 0.456 e. The second kappa shape index (κ2) is 23.7. The van der Waals surface area contributed by atoms with Crippen molar-refractivity contribution in [3.63, 3.8) is 0 Å². The first kappa shape index (κ1) is 58.4. The number of fused-ring (bicyclic) bond motifs is 12. The number of benzene rings is 12. The Labute approximate surface area is 552 Å². The Morgan fingerprint density at radius 2 is 0.568 bits per heavy atom. The molecule has 456 valence electrons. The summed E-state index contributed by atoms with van der Waals surface area (Å²) in [4.78, 5) is 0. The van der Waals surface area contributed by atoms with Gasteiger partial charge in [-0.2, -0.15) is 0 Å². The van der Waals surface area contributed by atoms with Gasteiger partial charge in [-0.25, -0.2) is 13.7 Å². The predicted octanol–water partition coefficient (Wildman–Crippen LogP) is 22.2. The van der Waals surface area contributed by atoms with Crippen molar-refractivity contribution in [2.75, 3.05) is 0 Å². The Hall–Kier alpha value is -11.7. The SMILES string of the molecule is Cc1c[n+](C)c(-c2cc3oc4cc5ccccc5cc4c3cc2C)cc1-c1ccccc1.Cc1cc2c(cc1-c1cc(-c3ccccc3)cc[n+]1C)oc1cc3ccccc3cc12.Cc1ccc2cc3oc4cc(-c5cc(-c6ccccc6)cc[n+]5C)c(C)cc4c3cc2c1. The number of aryl methyl sites for hydroxylation is 8. The van der Waals surface area contributed by atoms with E-state index in [9.17, 15) is 0 Å². The smallest absolute Gasteiger partial charge is 0.213 e. The van der Waals surface area contributed by atoms with Crippen LogP contribution in [0.5, 0.6) is 0 Å². The van der Waals surface area contributed by atoms with Crippen molar-refractivity contribution in [2.24, 2.45) is 21.1 Å². The Balaban J connectivity index is 0.000000112. The lowest BCUT2D eigenvalue weighted by Gasteiger charge is -2.10. The van der Waals surface area contributed by atoms with Crippen molar-refractivity contribution < 1.29 is 27.0 Å². The molecule has 0 spiro atoms. The van der Waals surface area contributed by atoms with Gasteiger partial charge in [0.1, 0.15) is 54.6 Å². The van der Waals surface area contributed by atoms with Crippen molar-refractivity contribution in [1.29, 1.82) is 0 Å². The van der Waals surface area contributed by atoms with Gasteiger partial charge in [0.25, 0.3) is 0 Å². The number of pyridine rings is 3. The fourth-order valence-corrected chi connectivity index (χ4v) is 14.1. The molecule has 6 heterocycles. The fourth-order valence-electron chi connectivity index (χ4n) is 14.1. The molecule has 0 aliphatic rings. The summed E-state index contributed by atoms with van der Waals surface area (Å²) in [6.45, 7) is 10.9. The highest BCUT2D eigenvalue weighted by molar-refractivity contribution is 6.13. The van der Waals surface area contributed by atoms with Crippen LogP contribution < -0.4 is 13.7 Å². The third-order valence-electron chi connectivity index (χ3n) is 19.2. The van der Waals surface area contributed by atoms with Crippen LogP contribution in [0.25, 0.3) is 165 Å². The summed E-state index contributed by atoms with van der Waals surface area (Å²) < 4.78 is 25.6. The molecule has 6 heteroatoms. The molecule has 18 rings (SSSR count). The van der Waals surface area contributed by atoms with Crippen LogP contribution in [0.1, 0.15) is 27.8 Å². The van der Waals surface area contributed by atoms with Gasteiger partial charge in [-0.15, -0.1) is 0 Å². The van der Waals surface area contributed by atoms with E-state index in [1.807, 2.05) is 0 Å². The van der Waals surface area contributed by atoms with Gasteiger partial charge < -0.3 is 13.3 Å². The van der Waals surface area contributed by atoms with Crippen molar-refractivity contribution in [1.82, 2.24) is 0 Å². The van der Waals surface area contributed by atoms with E-state index >= 15 is 0 Å². The summed E-state index contributed by atoms with van der Waals surface area (Å²) in [5.41, 5.74) is 26.3. The van der Waals surface area contributed by atoms with Crippen LogP contribution in [0, 0.1) is 34.6 Å². The topological polar surface area (TPSA) is 51.1 Å². The lowest BCUT2D eigenvalue weighted by molar-refractivity contribution is -0.660. The van der Waals surface area contributed by atoms with E-state index in [1.54, 1.807) is 0 Å². The van der Waals surface area contributed by atoms with Crippen molar-refractivity contribution in [3.8, 4) is 67.2 Å². The molecule has 0 N–H and O–H groups in total. The summed E-state index contributed by atoms with van der Waals surface area (Å²) >= 11 is 0. The second-order valence-corrected chi connectivity index (χ2v) is 25.7. The summed E-state index contributed by atoms with van der Waals surface area (Å²) in [5.74, 6) is 0. The number of furan rings is 3. The third kappa shape index (κ3) is 10.8. The maximum absolute atomic E-state index is 6.35. The van der Waals surface area contributed by atoms with Gasteiger partial charge in [0.05, 0.1) is 16.7 Å². The van der Waals surface area contributed by atoms with Crippen LogP contribution in [0.4, 0.5) is 0 Å². The zero-order valence-electron chi connectivity index (χ0n) is 54.6. The lowest BCUT2D eigenvalue weighted by atomic mass is 9.96. The summed E-state index contributed by atoms with van der Waals surface area (Å²) in [7, 11) is 6.31. The van der Waals surface area contributed by atoms with Gasteiger partial charge in [-0.05, 0) is 190 Å². The van der Waals surface area contributed by atoms with Crippen LogP contribution in [0.3, 0.4) is 0 Å². The van der Waals surface area contributed by atoms with E-state index in [4.69, 9.17) is 13.3 Å². The van der Waals surface area contributed by atoms with E-state index in [1.165, 1.54) is 160 Å². The molecule has 0 saturated carbocycles. The van der Waals surface area contributed by atoms with Gasteiger partial charge in [-0.3, -0.25) is 0 Å². The van der Waals surface area contributed by atoms with E-state index in [-0.39, 0.29) is 0 Å². The monoisotopic (exact) mass is 1230 g/mol. The average molecular weight is 1230 g/mol. The molecule has 6 nitrogen and oxygen atoms in total. The van der Waals surface area contributed by atoms with Crippen molar-refractivity contribution in [3.05, 3.63) is 307 Å². The summed E-state index contributed by atoms with van der Waals surface area (Å²) in [6, 6.07) is 92.9. The molecule has 0 unspecified atom stereocenters. The molecule has 0 aliphatic carbocycles. The Kier molecular flexibility index (Phi) is 14.6. The first-order valence-electron chi connectivity index (χ1n) is 32.6. The Bertz CT molecular complexity index is 6060. The Morgan fingerprint density at radius 1 is 0.232 bits per heavy atom. The highest BCUT2D eigenvalue weighted by Crippen LogP contribution is 2.41. The molecular formula is C89H70N3O3+3. The number of nitrogens with zero attached hydrogens (tertiary/aromatic N) is 3. The minimum atomic E-state index is 0.927. The molecule has 0 radical (unpaired) electrons. The number of hydrogen-bond acceptors (Lipinski definition) is 3. The van der Waals surface area contributed by atoms with E-state index in [0.717, 1.165) is 33.5 Å².